The van der Waals surface area contributed by atoms with E-state index >= 15 is 0 Å². The van der Waals surface area contributed by atoms with Crippen LogP contribution in [0.2, 0.25) is 0 Å². The van der Waals surface area contributed by atoms with E-state index in [0.717, 1.165) is 25.0 Å². The number of carbonyl (C=O) groups is 1. The third-order valence-corrected chi connectivity index (χ3v) is 7.69. The highest BCUT2D eigenvalue weighted by Gasteiger charge is 2.64. The number of esters is 1. The highest BCUT2D eigenvalue weighted by atomic mass is 19.1. The van der Waals surface area contributed by atoms with Gasteiger partial charge >= 0.3 is 5.97 Å². The van der Waals surface area contributed by atoms with Gasteiger partial charge < -0.3 is 14.8 Å². The number of carbonyl (C=O) groups excluding carboxylic acids is 1. The molecule has 6 atom stereocenters. The smallest absolute Gasteiger partial charge is 0.310 e. The number of epoxide rings is 1. The van der Waals surface area contributed by atoms with Gasteiger partial charge in [-0.1, -0.05) is 19.1 Å². The van der Waals surface area contributed by atoms with Gasteiger partial charge in [0.1, 0.15) is 11.9 Å². The summed E-state index contributed by atoms with van der Waals surface area (Å²) in [6.45, 7) is 4.53. The number of ether oxygens (including phenoxy) is 2. The fourth-order valence-corrected chi connectivity index (χ4v) is 6.16. The molecule has 1 N–H and O–H groups in total. The van der Waals surface area contributed by atoms with Crippen molar-refractivity contribution in [2.45, 2.75) is 57.3 Å². The van der Waals surface area contributed by atoms with Crippen molar-refractivity contribution in [1.29, 1.82) is 0 Å². The molecule has 1 aromatic carbocycles. The Bertz CT molecular complexity index is 732. The molecule has 2 aliphatic carbocycles. The van der Waals surface area contributed by atoms with Crippen LogP contribution in [0.5, 0.6) is 0 Å². The lowest BCUT2D eigenvalue weighted by Crippen LogP contribution is -2.51. The van der Waals surface area contributed by atoms with Crippen LogP contribution in [-0.4, -0.2) is 30.8 Å². The molecule has 146 valence electrons. The van der Waals surface area contributed by atoms with Crippen LogP contribution in [-0.2, 0) is 20.8 Å². The fraction of sp³-hybridized carbons (Fsp3) is 0.682. The molecule has 0 amide bonds. The van der Waals surface area contributed by atoms with E-state index in [9.17, 15) is 9.18 Å². The van der Waals surface area contributed by atoms with Crippen LogP contribution in [0.4, 0.5) is 4.39 Å². The zero-order valence-corrected chi connectivity index (χ0v) is 15.9. The van der Waals surface area contributed by atoms with Crippen molar-refractivity contribution < 1.29 is 18.7 Å². The molecule has 0 aromatic heterocycles. The van der Waals surface area contributed by atoms with E-state index in [2.05, 4.69) is 12.2 Å². The summed E-state index contributed by atoms with van der Waals surface area (Å²) in [5.74, 6) is 0.474. The highest BCUT2D eigenvalue weighted by molar-refractivity contribution is 5.75. The minimum absolute atomic E-state index is 0.0513. The van der Waals surface area contributed by atoms with Crippen LogP contribution in [0.15, 0.2) is 24.3 Å². The normalized spacial score (nSPS) is 42.5. The SMILES string of the molecule is C[C@]12CCC[C@@]3(CO3)[C@@H]1C[C@H]1[C@@H](C2)OC(=O)[C@@H]1CNCc1ccc(F)cc1. The molecule has 0 unspecified atom stereocenters. The Morgan fingerprint density at radius 1 is 1.26 bits per heavy atom. The molecular formula is C22H28FNO3. The Labute approximate surface area is 159 Å². The second-order valence-corrected chi connectivity index (χ2v) is 9.36. The second kappa shape index (κ2) is 6.28. The standard InChI is InChI=1S/C22H28FNO3/c1-21-7-2-8-22(13-26-22)19(21)9-16-17(20(25)27-18(16)10-21)12-24-11-14-3-5-15(23)6-4-14/h3-6,16-19,24H,2,7-13H2,1H3/t16-,17-,18-,19-,21-,22-/m1/s1. The van der Waals surface area contributed by atoms with E-state index in [4.69, 9.17) is 9.47 Å². The van der Waals surface area contributed by atoms with Crippen molar-refractivity contribution >= 4 is 5.97 Å². The van der Waals surface area contributed by atoms with Crippen molar-refractivity contribution in [1.82, 2.24) is 5.32 Å². The lowest BCUT2D eigenvalue weighted by Gasteiger charge is -2.51. The Morgan fingerprint density at radius 3 is 2.78 bits per heavy atom. The maximum Gasteiger partial charge on any atom is 0.310 e. The number of benzene rings is 1. The molecule has 2 aliphatic heterocycles. The molecule has 4 fully saturated rings. The summed E-state index contributed by atoms with van der Waals surface area (Å²) in [7, 11) is 0. The fourth-order valence-electron chi connectivity index (χ4n) is 6.16. The van der Waals surface area contributed by atoms with Crippen molar-refractivity contribution in [3.8, 4) is 0 Å². The number of hydrogen-bond donors (Lipinski definition) is 1. The molecule has 2 saturated carbocycles. The first-order valence-electron chi connectivity index (χ1n) is 10.3. The lowest BCUT2D eigenvalue weighted by atomic mass is 9.53. The van der Waals surface area contributed by atoms with Crippen LogP contribution < -0.4 is 5.32 Å². The van der Waals surface area contributed by atoms with E-state index in [1.54, 1.807) is 12.1 Å². The van der Waals surface area contributed by atoms with Gasteiger partial charge in [-0.2, -0.15) is 0 Å². The topological polar surface area (TPSA) is 50.9 Å². The molecule has 0 bridgehead atoms. The van der Waals surface area contributed by atoms with Gasteiger partial charge in [-0.05, 0) is 61.1 Å². The third-order valence-electron chi connectivity index (χ3n) is 7.69. The highest BCUT2D eigenvalue weighted by Crippen LogP contribution is 2.62. The molecule has 0 radical (unpaired) electrons. The molecule has 1 aromatic rings. The Balaban J connectivity index is 1.26. The number of fused-ring (bicyclic) bond motifs is 3. The van der Waals surface area contributed by atoms with E-state index < -0.39 is 0 Å². The maximum absolute atomic E-state index is 13.0. The zero-order chi connectivity index (χ0) is 18.6. The quantitative estimate of drug-likeness (QED) is 0.649. The average Bonchev–Trinajstić information content (AvgIpc) is 3.33. The van der Waals surface area contributed by atoms with Crippen LogP contribution in [0.1, 0.15) is 44.6 Å². The summed E-state index contributed by atoms with van der Waals surface area (Å²) in [4.78, 5) is 12.6. The molecule has 1 spiro atoms. The van der Waals surface area contributed by atoms with Gasteiger partial charge in [0, 0.05) is 19.0 Å². The van der Waals surface area contributed by atoms with Gasteiger partial charge in [-0.3, -0.25) is 4.79 Å². The predicted octanol–water partition coefficient (Wildman–Crippen LogP) is 3.44. The summed E-state index contributed by atoms with van der Waals surface area (Å²) in [5, 5.41) is 3.39. The van der Waals surface area contributed by atoms with Gasteiger partial charge in [-0.15, -0.1) is 0 Å². The van der Waals surface area contributed by atoms with Gasteiger partial charge in [0.15, 0.2) is 0 Å². The zero-order valence-electron chi connectivity index (χ0n) is 15.9. The van der Waals surface area contributed by atoms with Crippen molar-refractivity contribution in [3.63, 3.8) is 0 Å². The first-order valence-corrected chi connectivity index (χ1v) is 10.3. The number of halogens is 1. The van der Waals surface area contributed by atoms with Crippen molar-refractivity contribution in [2.24, 2.45) is 23.2 Å². The number of hydrogen-bond acceptors (Lipinski definition) is 4. The molecule has 2 saturated heterocycles. The van der Waals surface area contributed by atoms with Crippen LogP contribution >= 0.6 is 0 Å². The Kier molecular flexibility index (Phi) is 4.10. The first-order chi connectivity index (χ1) is 13.0. The third kappa shape index (κ3) is 2.99. The van der Waals surface area contributed by atoms with Crippen molar-refractivity contribution in [2.75, 3.05) is 13.2 Å². The van der Waals surface area contributed by atoms with Crippen LogP contribution in [0.3, 0.4) is 0 Å². The monoisotopic (exact) mass is 373 g/mol. The molecule has 27 heavy (non-hydrogen) atoms. The van der Waals surface area contributed by atoms with E-state index in [1.165, 1.54) is 31.4 Å². The van der Waals surface area contributed by atoms with Crippen molar-refractivity contribution in [3.05, 3.63) is 35.6 Å². The molecule has 5 heteroatoms. The van der Waals surface area contributed by atoms with Gasteiger partial charge in [0.2, 0.25) is 0 Å². The number of nitrogens with one attached hydrogen (secondary N) is 1. The molecule has 2 heterocycles. The van der Waals surface area contributed by atoms with E-state index in [-0.39, 0.29) is 40.7 Å². The molecule has 4 aliphatic rings. The lowest BCUT2D eigenvalue weighted by molar-refractivity contribution is -0.147. The minimum atomic E-state index is -0.227. The van der Waals surface area contributed by atoms with Gasteiger partial charge in [0.25, 0.3) is 0 Å². The van der Waals surface area contributed by atoms with Crippen LogP contribution in [0.25, 0.3) is 0 Å². The average molecular weight is 373 g/mol. The van der Waals surface area contributed by atoms with E-state index in [0.29, 0.717) is 19.0 Å². The largest absolute Gasteiger partial charge is 0.462 e. The summed E-state index contributed by atoms with van der Waals surface area (Å²) in [6, 6.07) is 6.49. The molecule has 5 rings (SSSR count). The predicted molar refractivity (Wildman–Crippen MR) is 98.3 cm³/mol. The Morgan fingerprint density at radius 2 is 2.04 bits per heavy atom. The molecule has 4 nitrogen and oxygen atoms in total. The summed E-state index contributed by atoms with van der Waals surface area (Å²) in [6.07, 6.45) is 5.69. The van der Waals surface area contributed by atoms with Crippen LogP contribution in [0, 0.1) is 29.0 Å². The van der Waals surface area contributed by atoms with Gasteiger partial charge in [-0.25, -0.2) is 4.39 Å². The number of rotatable bonds is 4. The summed E-state index contributed by atoms with van der Waals surface area (Å²) >= 11 is 0. The van der Waals surface area contributed by atoms with Gasteiger partial charge in [0.05, 0.1) is 18.1 Å². The molecular weight excluding hydrogens is 345 g/mol. The Hall–Kier alpha value is -1.46. The minimum Gasteiger partial charge on any atom is -0.462 e. The van der Waals surface area contributed by atoms with E-state index in [1.807, 2.05) is 0 Å². The maximum atomic E-state index is 13.0. The first kappa shape index (κ1) is 17.6. The second-order valence-electron chi connectivity index (χ2n) is 9.36. The summed E-state index contributed by atoms with van der Waals surface area (Å²) < 4.78 is 24.8. The summed E-state index contributed by atoms with van der Waals surface area (Å²) in [5.41, 5.74) is 1.36.